The van der Waals surface area contributed by atoms with E-state index in [1.807, 2.05) is 6.92 Å². The quantitative estimate of drug-likeness (QED) is 0.504. The number of aldehydes is 1. The van der Waals surface area contributed by atoms with Crippen molar-refractivity contribution in [1.82, 2.24) is 0 Å². The van der Waals surface area contributed by atoms with Crippen LogP contribution in [-0.2, 0) is 4.79 Å². The minimum atomic E-state index is -0.842. The fourth-order valence-electron chi connectivity index (χ4n) is 1.61. The number of aryl methyl sites for hydroxylation is 1. The van der Waals surface area contributed by atoms with Gasteiger partial charge in [0.25, 0.3) is 0 Å². The average molecular weight is 267 g/mol. The Morgan fingerprint density at radius 3 is 2.68 bits per heavy atom. The fraction of sp³-hybridized carbons (Fsp3) is 0.429. The van der Waals surface area contributed by atoms with Gasteiger partial charge in [-0.25, -0.2) is 9.18 Å². The number of nitrogens with two attached hydrogens (primary N) is 1. The van der Waals surface area contributed by atoms with Crippen LogP contribution >= 0.6 is 0 Å². The first-order valence-corrected chi connectivity index (χ1v) is 6.13. The minimum absolute atomic E-state index is 0.00204. The smallest absolute Gasteiger partial charge is 0.328 e. The number of benzene rings is 1. The van der Waals surface area contributed by atoms with Crippen molar-refractivity contribution in [2.75, 3.05) is 0 Å². The molecule has 0 aromatic heterocycles. The van der Waals surface area contributed by atoms with Crippen molar-refractivity contribution in [3.05, 3.63) is 29.1 Å². The summed E-state index contributed by atoms with van der Waals surface area (Å²) < 4.78 is 18.7. The lowest BCUT2D eigenvalue weighted by Crippen LogP contribution is -2.39. The molecule has 0 radical (unpaired) electrons. The molecule has 0 spiro atoms. The summed E-state index contributed by atoms with van der Waals surface area (Å²) >= 11 is 0. The molecule has 0 aliphatic rings. The van der Waals surface area contributed by atoms with Crippen LogP contribution in [0.25, 0.3) is 0 Å². The molecule has 0 fully saturated rings. The van der Waals surface area contributed by atoms with E-state index in [4.69, 9.17) is 10.5 Å². The summed E-state index contributed by atoms with van der Waals surface area (Å²) in [4.78, 5) is 22.7. The lowest BCUT2D eigenvalue weighted by Gasteiger charge is -2.17. The first-order chi connectivity index (χ1) is 8.90. The van der Waals surface area contributed by atoms with E-state index in [9.17, 15) is 14.0 Å². The summed E-state index contributed by atoms with van der Waals surface area (Å²) in [5.74, 6) is -1.92. The van der Waals surface area contributed by atoms with Crippen molar-refractivity contribution in [3.63, 3.8) is 0 Å². The summed E-state index contributed by atoms with van der Waals surface area (Å²) in [6, 6.07) is 1.81. The molecule has 1 aromatic rings. The second-order valence-corrected chi connectivity index (χ2v) is 4.62. The summed E-state index contributed by atoms with van der Waals surface area (Å²) in [5, 5.41) is 0. The van der Waals surface area contributed by atoms with E-state index in [-0.39, 0.29) is 17.2 Å². The van der Waals surface area contributed by atoms with Gasteiger partial charge in [0.2, 0.25) is 0 Å². The van der Waals surface area contributed by atoms with E-state index >= 15 is 0 Å². The van der Waals surface area contributed by atoms with Gasteiger partial charge in [-0.1, -0.05) is 20.3 Å². The van der Waals surface area contributed by atoms with Gasteiger partial charge in [0.1, 0.15) is 6.04 Å². The molecule has 1 rings (SSSR count). The maximum atomic E-state index is 13.7. The first kappa shape index (κ1) is 15.3. The number of esters is 1. The lowest BCUT2D eigenvalue weighted by molar-refractivity contribution is -0.137. The second-order valence-electron chi connectivity index (χ2n) is 4.62. The van der Waals surface area contributed by atoms with Gasteiger partial charge in [-0.05, 0) is 30.5 Å². The number of hydrogen-bond acceptors (Lipinski definition) is 4. The standard InChI is InChI=1S/C14H18FNO3/c1-4-9(3)12(16)14(18)19-13-10(7-17)5-8(2)6-11(13)15/h5-7,9,12H,4,16H2,1-3H3/t9-,12-/m0/s1. The van der Waals surface area contributed by atoms with E-state index in [1.54, 1.807) is 13.8 Å². The van der Waals surface area contributed by atoms with Gasteiger partial charge in [0.15, 0.2) is 17.9 Å². The highest BCUT2D eigenvalue weighted by Crippen LogP contribution is 2.24. The van der Waals surface area contributed by atoms with Gasteiger partial charge in [-0.2, -0.15) is 0 Å². The van der Waals surface area contributed by atoms with Crippen LogP contribution in [0.1, 0.15) is 36.2 Å². The van der Waals surface area contributed by atoms with Gasteiger partial charge >= 0.3 is 5.97 Å². The maximum absolute atomic E-state index is 13.7. The Morgan fingerprint density at radius 1 is 1.53 bits per heavy atom. The molecular weight excluding hydrogens is 249 g/mol. The van der Waals surface area contributed by atoms with E-state index in [0.717, 1.165) is 0 Å². The highest BCUT2D eigenvalue weighted by Gasteiger charge is 2.24. The van der Waals surface area contributed by atoms with Crippen molar-refractivity contribution in [2.45, 2.75) is 33.2 Å². The van der Waals surface area contributed by atoms with Crippen LogP contribution in [0.15, 0.2) is 12.1 Å². The number of halogens is 1. The number of rotatable bonds is 5. The Labute approximate surface area is 111 Å². The molecule has 1 aromatic carbocycles. The Morgan fingerprint density at radius 2 is 2.16 bits per heavy atom. The van der Waals surface area contributed by atoms with Crippen molar-refractivity contribution < 1.29 is 18.7 Å². The van der Waals surface area contributed by atoms with Crippen LogP contribution in [0.3, 0.4) is 0 Å². The molecule has 2 N–H and O–H groups in total. The van der Waals surface area contributed by atoms with Crippen LogP contribution in [0.2, 0.25) is 0 Å². The molecule has 19 heavy (non-hydrogen) atoms. The van der Waals surface area contributed by atoms with Gasteiger partial charge in [-0.3, -0.25) is 4.79 Å². The molecular formula is C14H18FNO3. The van der Waals surface area contributed by atoms with Gasteiger partial charge in [0, 0.05) is 0 Å². The zero-order valence-corrected chi connectivity index (χ0v) is 11.3. The number of ether oxygens (including phenoxy) is 1. The van der Waals surface area contributed by atoms with Crippen LogP contribution in [0, 0.1) is 18.7 Å². The summed E-state index contributed by atoms with van der Waals surface area (Å²) in [5.41, 5.74) is 6.28. The van der Waals surface area contributed by atoms with Crippen molar-refractivity contribution in [2.24, 2.45) is 11.7 Å². The zero-order chi connectivity index (χ0) is 14.6. The fourth-order valence-corrected chi connectivity index (χ4v) is 1.61. The molecule has 0 aliphatic heterocycles. The molecule has 0 amide bonds. The third kappa shape index (κ3) is 3.61. The number of carbonyl (C=O) groups excluding carboxylic acids is 2. The molecule has 0 heterocycles. The normalized spacial score (nSPS) is 13.7. The highest BCUT2D eigenvalue weighted by molar-refractivity contribution is 5.84. The number of carbonyl (C=O) groups is 2. The third-order valence-corrected chi connectivity index (χ3v) is 3.08. The van der Waals surface area contributed by atoms with Crippen LogP contribution < -0.4 is 10.5 Å². The SMILES string of the molecule is CC[C@H](C)[C@H](N)C(=O)Oc1c(F)cc(C)cc1C=O. The lowest BCUT2D eigenvalue weighted by atomic mass is 10.0. The highest BCUT2D eigenvalue weighted by atomic mass is 19.1. The predicted molar refractivity (Wildman–Crippen MR) is 69.6 cm³/mol. The maximum Gasteiger partial charge on any atom is 0.328 e. The Bertz CT molecular complexity index is 488. The van der Waals surface area contributed by atoms with Crippen LogP contribution in [0.4, 0.5) is 4.39 Å². The number of hydrogen-bond donors (Lipinski definition) is 1. The zero-order valence-electron chi connectivity index (χ0n) is 11.3. The van der Waals surface area contributed by atoms with Crippen molar-refractivity contribution >= 4 is 12.3 Å². The van der Waals surface area contributed by atoms with Gasteiger partial charge in [0.05, 0.1) is 5.56 Å². The molecule has 0 saturated heterocycles. The molecule has 5 heteroatoms. The largest absolute Gasteiger partial charge is 0.421 e. The molecule has 0 bridgehead atoms. The third-order valence-electron chi connectivity index (χ3n) is 3.08. The summed E-state index contributed by atoms with van der Waals surface area (Å²) in [7, 11) is 0. The molecule has 0 aliphatic carbocycles. The molecule has 0 unspecified atom stereocenters. The molecule has 0 saturated carbocycles. The van der Waals surface area contributed by atoms with E-state index in [0.29, 0.717) is 18.3 Å². The van der Waals surface area contributed by atoms with Crippen LogP contribution in [-0.4, -0.2) is 18.3 Å². The monoisotopic (exact) mass is 267 g/mol. The average Bonchev–Trinajstić information content (AvgIpc) is 2.39. The van der Waals surface area contributed by atoms with Gasteiger partial charge < -0.3 is 10.5 Å². The van der Waals surface area contributed by atoms with Crippen molar-refractivity contribution in [1.29, 1.82) is 0 Å². The molecule has 2 atom stereocenters. The van der Waals surface area contributed by atoms with Gasteiger partial charge in [-0.15, -0.1) is 0 Å². The predicted octanol–water partition coefficient (Wildman–Crippen LogP) is 2.23. The topological polar surface area (TPSA) is 69.4 Å². The van der Waals surface area contributed by atoms with E-state index in [2.05, 4.69) is 0 Å². The summed E-state index contributed by atoms with van der Waals surface area (Å²) in [6.07, 6.45) is 1.15. The first-order valence-electron chi connectivity index (χ1n) is 6.13. The minimum Gasteiger partial charge on any atom is -0.421 e. The van der Waals surface area contributed by atoms with Crippen LogP contribution in [0.5, 0.6) is 5.75 Å². The van der Waals surface area contributed by atoms with E-state index < -0.39 is 17.8 Å². The summed E-state index contributed by atoms with van der Waals surface area (Å²) in [6.45, 7) is 5.34. The Kier molecular flexibility index (Phi) is 5.18. The molecule has 104 valence electrons. The Hall–Kier alpha value is -1.75. The second kappa shape index (κ2) is 6.43. The Balaban J connectivity index is 3.00. The van der Waals surface area contributed by atoms with E-state index in [1.165, 1.54) is 12.1 Å². The molecule has 4 nitrogen and oxygen atoms in total. The van der Waals surface area contributed by atoms with Crippen molar-refractivity contribution in [3.8, 4) is 5.75 Å².